The molecule has 3 nitrogen and oxygen atoms in total. The van der Waals surface area contributed by atoms with Crippen molar-refractivity contribution in [1.29, 1.82) is 0 Å². The summed E-state index contributed by atoms with van der Waals surface area (Å²) in [4.78, 5) is 0. The molecule has 0 aromatic carbocycles. The summed E-state index contributed by atoms with van der Waals surface area (Å²) in [7, 11) is -2.72. The van der Waals surface area contributed by atoms with Crippen LogP contribution in [0.1, 0.15) is 46.5 Å². The first-order valence-electron chi connectivity index (χ1n) is 6.87. The molecule has 19 heavy (non-hydrogen) atoms. The van der Waals surface area contributed by atoms with E-state index in [2.05, 4.69) is 0 Å². The summed E-state index contributed by atoms with van der Waals surface area (Å²) in [6.07, 6.45) is 3.11. The first-order valence-corrected chi connectivity index (χ1v) is 9.94. The van der Waals surface area contributed by atoms with Crippen LogP contribution in [-0.2, 0) is 13.3 Å². The molecule has 0 amide bonds. The molecule has 0 bridgehead atoms. The molecule has 0 aromatic heterocycles. The van der Waals surface area contributed by atoms with Crippen molar-refractivity contribution in [2.45, 2.75) is 56.3 Å². The Morgan fingerprint density at radius 3 is 1.42 bits per heavy atom. The molecule has 0 atom stereocenters. The Morgan fingerprint density at radius 2 is 1.16 bits per heavy atom. The lowest BCUT2D eigenvalue weighted by Gasteiger charge is -2.30. The number of rotatable bonds is 11. The third-order valence-corrected chi connectivity index (χ3v) is 5.65. The van der Waals surface area contributed by atoms with Crippen molar-refractivity contribution in [2.24, 2.45) is 0 Å². The minimum absolute atomic E-state index is 0.376. The average molecular weight is 352 g/mol. The van der Waals surface area contributed by atoms with Gasteiger partial charge in [-0.05, 0) is 25.7 Å². The van der Waals surface area contributed by atoms with Gasteiger partial charge in [-0.3, -0.25) is 0 Å². The van der Waals surface area contributed by atoms with E-state index in [1.807, 2.05) is 20.8 Å². The SMILES string of the molecule is CCCO[Si](CCC(Cl)(Cl)Cl)(OCCC)OCCC. The number of hydrogen-bond acceptors (Lipinski definition) is 3. The highest BCUT2D eigenvalue weighted by atomic mass is 35.6. The van der Waals surface area contributed by atoms with E-state index in [0.29, 0.717) is 32.3 Å². The molecule has 0 unspecified atom stereocenters. The Bertz CT molecular complexity index is 203. The maximum absolute atomic E-state index is 5.90. The zero-order chi connectivity index (χ0) is 14.8. The summed E-state index contributed by atoms with van der Waals surface area (Å²) in [6, 6.07) is 0.531. The highest BCUT2D eigenvalue weighted by Gasteiger charge is 2.42. The molecule has 0 heterocycles. The number of hydrogen-bond donors (Lipinski definition) is 0. The first kappa shape index (κ1) is 20.0. The number of alkyl halides is 3. The van der Waals surface area contributed by atoms with E-state index in [4.69, 9.17) is 48.1 Å². The first-order chi connectivity index (χ1) is 8.89. The lowest BCUT2D eigenvalue weighted by Crippen LogP contribution is -2.47. The standard InChI is InChI=1S/C12H25Cl3O3Si/c1-4-8-16-19(17-9-5-2,18-10-6-3)11-7-12(13,14)15/h4-11H2,1-3H3. The summed E-state index contributed by atoms with van der Waals surface area (Å²) in [6.45, 7) is 7.98. The van der Waals surface area contributed by atoms with Gasteiger partial charge in [-0.2, -0.15) is 0 Å². The fourth-order valence-electron chi connectivity index (χ4n) is 1.41. The van der Waals surface area contributed by atoms with Crippen LogP contribution in [0.4, 0.5) is 0 Å². The average Bonchev–Trinajstić information content (AvgIpc) is 2.36. The van der Waals surface area contributed by atoms with Crippen molar-refractivity contribution >= 4 is 43.6 Å². The Morgan fingerprint density at radius 1 is 0.789 bits per heavy atom. The predicted octanol–water partition coefficient (Wildman–Crippen LogP) is 4.97. The molecule has 7 heteroatoms. The Kier molecular flexibility index (Phi) is 11.2. The van der Waals surface area contributed by atoms with Crippen molar-refractivity contribution in [3.63, 3.8) is 0 Å². The summed E-state index contributed by atoms with van der Waals surface area (Å²) < 4.78 is 16.4. The second kappa shape index (κ2) is 10.7. The van der Waals surface area contributed by atoms with E-state index in [9.17, 15) is 0 Å². The van der Waals surface area contributed by atoms with Crippen LogP contribution in [0.15, 0.2) is 0 Å². The maximum atomic E-state index is 5.90. The van der Waals surface area contributed by atoms with Gasteiger partial charge in [0.05, 0.1) is 0 Å². The third kappa shape index (κ3) is 10.4. The number of halogens is 3. The topological polar surface area (TPSA) is 27.7 Å². The van der Waals surface area contributed by atoms with Crippen LogP contribution in [0.25, 0.3) is 0 Å². The second-order valence-corrected chi connectivity index (χ2v) is 9.59. The van der Waals surface area contributed by atoms with Crippen molar-refractivity contribution < 1.29 is 13.3 Å². The van der Waals surface area contributed by atoms with E-state index in [1.165, 1.54) is 0 Å². The smallest absolute Gasteiger partial charge is 0.373 e. The molecule has 0 saturated heterocycles. The van der Waals surface area contributed by atoms with Gasteiger partial charge in [-0.1, -0.05) is 55.6 Å². The minimum Gasteiger partial charge on any atom is -0.373 e. The van der Waals surface area contributed by atoms with Crippen LogP contribution in [0.5, 0.6) is 0 Å². The molecular weight excluding hydrogens is 327 g/mol. The Labute approximate surface area is 133 Å². The van der Waals surface area contributed by atoms with Crippen LogP contribution in [0, 0.1) is 0 Å². The van der Waals surface area contributed by atoms with Gasteiger partial charge in [0.2, 0.25) is 0 Å². The molecule has 0 radical (unpaired) electrons. The quantitative estimate of drug-likeness (QED) is 0.389. The molecule has 0 N–H and O–H groups in total. The van der Waals surface area contributed by atoms with Crippen molar-refractivity contribution in [3.05, 3.63) is 0 Å². The Hall–Kier alpha value is 0.967. The van der Waals surface area contributed by atoms with Gasteiger partial charge < -0.3 is 13.3 Å². The van der Waals surface area contributed by atoms with Crippen molar-refractivity contribution in [3.8, 4) is 0 Å². The monoisotopic (exact) mass is 350 g/mol. The second-order valence-electron chi connectivity index (χ2n) is 4.34. The predicted molar refractivity (Wildman–Crippen MR) is 84.2 cm³/mol. The van der Waals surface area contributed by atoms with Gasteiger partial charge in [0, 0.05) is 25.9 Å². The maximum Gasteiger partial charge on any atom is 0.501 e. The van der Waals surface area contributed by atoms with E-state index in [0.717, 1.165) is 19.3 Å². The molecule has 0 aliphatic rings. The van der Waals surface area contributed by atoms with Crippen LogP contribution in [-0.4, -0.2) is 32.4 Å². The lowest BCUT2D eigenvalue weighted by molar-refractivity contribution is 0.0588. The van der Waals surface area contributed by atoms with Gasteiger partial charge in [0.25, 0.3) is 0 Å². The van der Waals surface area contributed by atoms with Crippen LogP contribution in [0.2, 0.25) is 6.04 Å². The summed E-state index contributed by atoms with van der Waals surface area (Å²) >= 11 is 17.5. The van der Waals surface area contributed by atoms with Gasteiger partial charge in [-0.25, -0.2) is 0 Å². The molecule has 0 aromatic rings. The van der Waals surface area contributed by atoms with E-state index in [-0.39, 0.29) is 0 Å². The highest BCUT2D eigenvalue weighted by Crippen LogP contribution is 2.34. The van der Waals surface area contributed by atoms with Crippen LogP contribution in [0.3, 0.4) is 0 Å². The molecule has 116 valence electrons. The molecule has 0 fully saturated rings. The van der Waals surface area contributed by atoms with Gasteiger partial charge in [0.15, 0.2) is 3.79 Å². The fourth-order valence-corrected chi connectivity index (χ4v) is 5.08. The zero-order valence-corrected chi connectivity index (χ0v) is 15.3. The van der Waals surface area contributed by atoms with Gasteiger partial charge in [-0.15, -0.1) is 0 Å². The summed E-state index contributed by atoms with van der Waals surface area (Å²) in [5.41, 5.74) is 0. The van der Waals surface area contributed by atoms with Crippen LogP contribution >= 0.6 is 34.8 Å². The largest absolute Gasteiger partial charge is 0.501 e. The van der Waals surface area contributed by atoms with Gasteiger partial charge in [0.1, 0.15) is 0 Å². The molecule has 0 aliphatic carbocycles. The highest BCUT2D eigenvalue weighted by molar-refractivity contribution is 6.68. The zero-order valence-electron chi connectivity index (χ0n) is 12.0. The van der Waals surface area contributed by atoms with Crippen molar-refractivity contribution in [2.75, 3.05) is 19.8 Å². The minimum atomic E-state index is -2.72. The molecule has 0 saturated carbocycles. The molecule has 0 rings (SSSR count). The van der Waals surface area contributed by atoms with E-state index >= 15 is 0 Å². The summed E-state index contributed by atoms with van der Waals surface area (Å²) in [5, 5.41) is 0. The lowest BCUT2D eigenvalue weighted by atomic mass is 10.5. The molecule has 0 aliphatic heterocycles. The third-order valence-electron chi connectivity index (χ3n) is 2.29. The molecular formula is C12H25Cl3O3Si. The van der Waals surface area contributed by atoms with Gasteiger partial charge >= 0.3 is 8.80 Å². The van der Waals surface area contributed by atoms with E-state index in [1.54, 1.807) is 0 Å². The molecule has 0 spiro atoms. The Balaban J connectivity index is 4.66. The van der Waals surface area contributed by atoms with Crippen molar-refractivity contribution in [1.82, 2.24) is 0 Å². The summed E-state index contributed by atoms with van der Waals surface area (Å²) in [5.74, 6) is 0. The fraction of sp³-hybridized carbons (Fsp3) is 1.00. The van der Waals surface area contributed by atoms with Crippen LogP contribution < -0.4 is 0 Å². The normalized spacial score (nSPS) is 12.9. The van der Waals surface area contributed by atoms with E-state index < -0.39 is 12.6 Å².